The van der Waals surface area contributed by atoms with E-state index in [0.29, 0.717) is 18.5 Å². The van der Waals surface area contributed by atoms with Crippen LogP contribution in [-0.2, 0) is 21.1 Å². The van der Waals surface area contributed by atoms with Gasteiger partial charge in [0.15, 0.2) is 9.84 Å². The highest BCUT2D eigenvalue weighted by Crippen LogP contribution is 2.37. The van der Waals surface area contributed by atoms with Crippen molar-refractivity contribution in [2.24, 2.45) is 5.92 Å². The number of hydrogen-bond acceptors (Lipinski definition) is 3. The van der Waals surface area contributed by atoms with Crippen LogP contribution in [0.2, 0.25) is 0 Å². The van der Waals surface area contributed by atoms with Gasteiger partial charge in [0.25, 0.3) is 0 Å². The van der Waals surface area contributed by atoms with Crippen LogP contribution in [0.5, 0.6) is 0 Å². The Balaban J connectivity index is 1.80. The molecule has 1 aliphatic carbocycles. The first kappa shape index (κ1) is 16.4. The molecule has 1 unspecified atom stereocenters. The van der Waals surface area contributed by atoms with Gasteiger partial charge >= 0.3 is 0 Å². The van der Waals surface area contributed by atoms with Gasteiger partial charge in [-0.1, -0.05) is 17.7 Å². The van der Waals surface area contributed by atoms with Gasteiger partial charge in [0.1, 0.15) is 5.82 Å². The maximum atomic E-state index is 13.9. The molecule has 0 radical (unpaired) electrons. The van der Waals surface area contributed by atoms with Gasteiger partial charge in [-0.2, -0.15) is 0 Å². The average molecular weight is 339 g/mol. The molecular formula is C17H22FNO3S. The van der Waals surface area contributed by atoms with Crippen LogP contribution in [0.4, 0.5) is 4.39 Å². The summed E-state index contributed by atoms with van der Waals surface area (Å²) in [6.07, 6.45) is 2.41. The predicted molar refractivity (Wildman–Crippen MR) is 86.3 cm³/mol. The van der Waals surface area contributed by atoms with Gasteiger partial charge in [-0.25, -0.2) is 12.8 Å². The van der Waals surface area contributed by atoms with E-state index in [4.69, 9.17) is 0 Å². The average Bonchev–Trinajstić information content (AvgIpc) is 3.29. The largest absolute Gasteiger partial charge is 0.338 e. The molecule has 6 heteroatoms. The number of aryl methyl sites for hydroxylation is 1. The molecule has 0 spiro atoms. The summed E-state index contributed by atoms with van der Waals surface area (Å²) < 4.78 is 38.0. The van der Waals surface area contributed by atoms with Crippen molar-refractivity contribution in [3.8, 4) is 0 Å². The smallest absolute Gasteiger partial charge is 0.227 e. The predicted octanol–water partition coefficient (Wildman–Crippen LogP) is 2.10. The summed E-state index contributed by atoms with van der Waals surface area (Å²) in [5.74, 6) is -0.0644. The minimum absolute atomic E-state index is 0.00319. The molecule has 0 aromatic heterocycles. The second-order valence-electron chi connectivity index (χ2n) is 6.73. The minimum Gasteiger partial charge on any atom is -0.338 e. The lowest BCUT2D eigenvalue weighted by Crippen LogP contribution is -2.45. The van der Waals surface area contributed by atoms with E-state index in [9.17, 15) is 17.6 Å². The van der Waals surface area contributed by atoms with Gasteiger partial charge in [0, 0.05) is 12.6 Å². The second-order valence-corrected chi connectivity index (χ2v) is 8.96. The van der Waals surface area contributed by atoms with Crippen molar-refractivity contribution in [3.05, 3.63) is 35.1 Å². The van der Waals surface area contributed by atoms with Crippen LogP contribution in [0.1, 0.15) is 30.4 Å². The van der Waals surface area contributed by atoms with Crippen molar-refractivity contribution in [1.82, 2.24) is 4.90 Å². The van der Waals surface area contributed by atoms with Crippen LogP contribution in [-0.4, -0.2) is 43.3 Å². The van der Waals surface area contributed by atoms with Gasteiger partial charge in [0.05, 0.1) is 17.9 Å². The fourth-order valence-electron chi connectivity index (χ4n) is 3.34. The van der Waals surface area contributed by atoms with Crippen LogP contribution < -0.4 is 0 Å². The number of amides is 1. The number of nitrogens with zero attached hydrogens (tertiary/aromatic N) is 1. The van der Waals surface area contributed by atoms with Gasteiger partial charge in [-0.05, 0) is 43.7 Å². The molecule has 1 aromatic carbocycles. The molecule has 1 amide bonds. The number of sulfone groups is 1. The maximum absolute atomic E-state index is 13.9. The lowest BCUT2D eigenvalue weighted by molar-refractivity contribution is -0.132. The van der Waals surface area contributed by atoms with Crippen molar-refractivity contribution in [2.75, 3.05) is 18.1 Å². The molecule has 23 heavy (non-hydrogen) atoms. The molecule has 1 heterocycles. The second kappa shape index (κ2) is 6.23. The maximum Gasteiger partial charge on any atom is 0.227 e. The van der Waals surface area contributed by atoms with Crippen molar-refractivity contribution >= 4 is 15.7 Å². The van der Waals surface area contributed by atoms with E-state index in [1.54, 1.807) is 17.0 Å². The number of halogens is 1. The number of rotatable bonds is 3. The molecule has 3 rings (SSSR count). The lowest BCUT2D eigenvalue weighted by atomic mass is 10.1. The first-order valence-corrected chi connectivity index (χ1v) is 9.93. The molecule has 0 bridgehead atoms. The molecule has 1 saturated heterocycles. The highest BCUT2D eigenvalue weighted by molar-refractivity contribution is 7.91. The van der Waals surface area contributed by atoms with Gasteiger partial charge < -0.3 is 4.90 Å². The summed E-state index contributed by atoms with van der Waals surface area (Å²) in [4.78, 5) is 14.4. The normalized spacial score (nSPS) is 24.3. The van der Waals surface area contributed by atoms with Gasteiger partial charge in [0.2, 0.25) is 5.91 Å². The fraction of sp³-hybridized carbons (Fsp3) is 0.588. The third-order valence-corrected chi connectivity index (χ3v) is 6.47. The van der Waals surface area contributed by atoms with E-state index in [0.717, 1.165) is 18.4 Å². The molecule has 1 aliphatic heterocycles. The summed E-state index contributed by atoms with van der Waals surface area (Å²) in [5, 5.41) is 0. The molecule has 2 fully saturated rings. The molecule has 1 saturated carbocycles. The fourth-order valence-corrected chi connectivity index (χ4v) is 5.05. The Morgan fingerprint density at radius 2 is 2.09 bits per heavy atom. The van der Waals surface area contributed by atoms with Crippen LogP contribution in [0.15, 0.2) is 18.2 Å². The SMILES string of the molecule is Cc1ccc(F)c(CC(=O)N2CCCS(=O)(=O)CC2C2CC2)c1. The zero-order chi connectivity index (χ0) is 16.6. The quantitative estimate of drug-likeness (QED) is 0.847. The zero-order valence-electron chi connectivity index (χ0n) is 13.3. The van der Waals surface area contributed by atoms with E-state index in [1.165, 1.54) is 6.07 Å². The first-order chi connectivity index (χ1) is 10.9. The van der Waals surface area contributed by atoms with Crippen molar-refractivity contribution in [1.29, 1.82) is 0 Å². The van der Waals surface area contributed by atoms with E-state index in [1.807, 2.05) is 6.92 Å². The van der Waals surface area contributed by atoms with Crippen LogP contribution in [0, 0.1) is 18.7 Å². The zero-order valence-corrected chi connectivity index (χ0v) is 14.1. The third-order valence-electron chi connectivity index (χ3n) is 4.71. The van der Waals surface area contributed by atoms with Crippen LogP contribution >= 0.6 is 0 Å². The highest BCUT2D eigenvalue weighted by atomic mass is 32.2. The Hall–Kier alpha value is -1.43. The Labute approximate surface area is 136 Å². The van der Waals surface area contributed by atoms with E-state index >= 15 is 0 Å². The van der Waals surface area contributed by atoms with Crippen LogP contribution in [0.3, 0.4) is 0 Å². The monoisotopic (exact) mass is 339 g/mol. The third kappa shape index (κ3) is 3.91. The highest BCUT2D eigenvalue weighted by Gasteiger charge is 2.41. The number of carbonyl (C=O) groups is 1. The molecule has 1 atom stereocenters. The van der Waals surface area contributed by atoms with Crippen molar-refractivity contribution in [2.45, 2.75) is 38.6 Å². The number of hydrogen-bond donors (Lipinski definition) is 0. The van der Waals surface area contributed by atoms with E-state index < -0.39 is 9.84 Å². The Kier molecular flexibility index (Phi) is 4.45. The Bertz CT molecular complexity index is 713. The standard InChI is InChI=1S/C17H22FNO3S/c1-12-3-6-15(18)14(9-12)10-17(20)19-7-2-8-23(21,22)11-16(19)13-4-5-13/h3,6,9,13,16H,2,4-5,7-8,10-11H2,1H3. The lowest BCUT2D eigenvalue weighted by Gasteiger charge is -2.30. The molecule has 4 nitrogen and oxygen atoms in total. The number of carbonyl (C=O) groups excluding carboxylic acids is 1. The summed E-state index contributed by atoms with van der Waals surface area (Å²) in [7, 11) is -3.10. The summed E-state index contributed by atoms with van der Waals surface area (Å²) in [6.45, 7) is 2.31. The molecule has 126 valence electrons. The van der Waals surface area contributed by atoms with Gasteiger partial charge in [-0.3, -0.25) is 4.79 Å². The molecule has 2 aliphatic rings. The van der Waals surface area contributed by atoms with E-state index in [-0.39, 0.29) is 41.6 Å². The van der Waals surface area contributed by atoms with Crippen molar-refractivity contribution < 1.29 is 17.6 Å². The molecular weight excluding hydrogens is 317 g/mol. The van der Waals surface area contributed by atoms with Crippen molar-refractivity contribution in [3.63, 3.8) is 0 Å². The minimum atomic E-state index is -3.10. The summed E-state index contributed by atoms with van der Waals surface area (Å²) >= 11 is 0. The summed E-state index contributed by atoms with van der Waals surface area (Å²) in [5.41, 5.74) is 1.29. The summed E-state index contributed by atoms with van der Waals surface area (Å²) in [6, 6.07) is 4.51. The van der Waals surface area contributed by atoms with E-state index in [2.05, 4.69) is 0 Å². The topological polar surface area (TPSA) is 54.5 Å². The Morgan fingerprint density at radius 3 is 2.78 bits per heavy atom. The van der Waals surface area contributed by atoms with Crippen LogP contribution in [0.25, 0.3) is 0 Å². The molecule has 1 aromatic rings. The first-order valence-electron chi connectivity index (χ1n) is 8.11. The molecule has 0 N–H and O–H groups in total. The van der Waals surface area contributed by atoms with Gasteiger partial charge in [-0.15, -0.1) is 0 Å². The Morgan fingerprint density at radius 1 is 1.35 bits per heavy atom. The number of benzene rings is 1.